The van der Waals surface area contributed by atoms with Crippen molar-refractivity contribution >= 4 is 17.2 Å². The Balaban J connectivity index is 1.33. The number of nitrogens with one attached hydrogen (secondary N) is 1. The van der Waals surface area contributed by atoms with Crippen molar-refractivity contribution in [3.05, 3.63) is 47.2 Å². The van der Waals surface area contributed by atoms with Gasteiger partial charge in [0.1, 0.15) is 10.0 Å². The average molecular weight is 356 g/mol. The summed E-state index contributed by atoms with van der Waals surface area (Å²) < 4.78 is 6.81. The normalized spacial score (nSPS) is 14.2. The van der Waals surface area contributed by atoms with Crippen LogP contribution >= 0.6 is 11.3 Å². The predicted molar refractivity (Wildman–Crippen MR) is 90.8 cm³/mol. The monoisotopic (exact) mass is 356 g/mol. The van der Waals surface area contributed by atoms with Crippen molar-refractivity contribution in [2.45, 2.75) is 13.1 Å². The second-order valence-electron chi connectivity index (χ2n) is 5.78. The number of hydrogen-bond acceptors (Lipinski definition) is 7. The topological polar surface area (TPSA) is 94.8 Å². The third-order valence-corrected chi connectivity index (χ3v) is 4.78. The molecule has 1 aliphatic rings. The minimum atomic E-state index is -0.271. The van der Waals surface area contributed by atoms with Crippen LogP contribution in [-0.4, -0.2) is 44.3 Å². The van der Waals surface area contributed by atoms with E-state index >= 15 is 0 Å². The van der Waals surface area contributed by atoms with Crippen molar-refractivity contribution in [2.75, 3.05) is 13.2 Å². The highest BCUT2D eigenvalue weighted by molar-refractivity contribution is 7.14. The van der Waals surface area contributed by atoms with Crippen LogP contribution in [0.5, 0.6) is 0 Å². The summed E-state index contributed by atoms with van der Waals surface area (Å²) in [5.74, 6) is 0.183. The second-order valence-corrected chi connectivity index (χ2v) is 6.84. The Kier molecular flexibility index (Phi) is 4.49. The smallest absolute Gasteiger partial charge is 0.273 e. The predicted octanol–water partition coefficient (Wildman–Crippen LogP) is 1.37. The number of amides is 1. The van der Waals surface area contributed by atoms with Crippen LogP contribution in [0.2, 0.25) is 0 Å². The van der Waals surface area contributed by atoms with Crippen LogP contribution < -0.4 is 5.32 Å². The third kappa shape index (κ3) is 3.72. The molecule has 1 aliphatic heterocycles. The van der Waals surface area contributed by atoms with Crippen LogP contribution in [0.25, 0.3) is 10.6 Å². The molecule has 3 aromatic rings. The molecule has 2 aromatic heterocycles. The van der Waals surface area contributed by atoms with Gasteiger partial charge in [0, 0.05) is 18.0 Å². The van der Waals surface area contributed by atoms with E-state index in [2.05, 4.69) is 25.8 Å². The SMILES string of the molecule is O=C(NCc1nnc(-c2ccccc2)s1)c1cn(CC2COC2)nn1. The third-order valence-electron chi connectivity index (χ3n) is 3.81. The van der Waals surface area contributed by atoms with Gasteiger partial charge in [0.05, 0.1) is 26.0 Å². The number of hydrogen-bond donors (Lipinski definition) is 1. The fourth-order valence-electron chi connectivity index (χ4n) is 2.42. The van der Waals surface area contributed by atoms with Gasteiger partial charge in [-0.05, 0) is 0 Å². The van der Waals surface area contributed by atoms with Crippen LogP contribution in [0.3, 0.4) is 0 Å². The Bertz CT molecular complexity index is 858. The molecule has 0 bridgehead atoms. The summed E-state index contributed by atoms with van der Waals surface area (Å²) in [5, 5.41) is 20.6. The number of carbonyl (C=O) groups is 1. The van der Waals surface area contributed by atoms with E-state index in [1.54, 1.807) is 10.9 Å². The van der Waals surface area contributed by atoms with Crippen LogP contribution in [0.15, 0.2) is 36.5 Å². The summed E-state index contributed by atoms with van der Waals surface area (Å²) in [7, 11) is 0. The van der Waals surface area contributed by atoms with E-state index in [4.69, 9.17) is 4.74 Å². The number of carbonyl (C=O) groups excluding carboxylic acids is 1. The molecule has 1 saturated heterocycles. The molecule has 25 heavy (non-hydrogen) atoms. The first-order valence-corrected chi connectivity index (χ1v) is 8.73. The fourth-order valence-corrected chi connectivity index (χ4v) is 3.20. The number of benzene rings is 1. The Morgan fingerprint density at radius 1 is 1.24 bits per heavy atom. The van der Waals surface area contributed by atoms with Crippen molar-refractivity contribution < 1.29 is 9.53 Å². The maximum Gasteiger partial charge on any atom is 0.273 e. The summed E-state index contributed by atoms with van der Waals surface area (Å²) in [6.07, 6.45) is 1.66. The van der Waals surface area contributed by atoms with Gasteiger partial charge in [0.25, 0.3) is 5.91 Å². The first-order valence-electron chi connectivity index (χ1n) is 7.92. The average Bonchev–Trinajstić information content (AvgIpc) is 3.26. The van der Waals surface area contributed by atoms with Gasteiger partial charge in [0.2, 0.25) is 0 Å². The summed E-state index contributed by atoms with van der Waals surface area (Å²) in [6, 6.07) is 9.83. The molecule has 1 N–H and O–H groups in total. The minimum Gasteiger partial charge on any atom is -0.381 e. The molecule has 128 valence electrons. The first-order chi connectivity index (χ1) is 12.3. The zero-order valence-corrected chi connectivity index (χ0v) is 14.1. The second kappa shape index (κ2) is 7.08. The molecule has 0 radical (unpaired) electrons. The lowest BCUT2D eigenvalue weighted by molar-refractivity contribution is -0.0410. The molecular weight excluding hydrogens is 340 g/mol. The molecule has 3 heterocycles. The Morgan fingerprint density at radius 2 is 2.08 bits per heavy atom. The van der Waals surface area contributed by atoms with Gasteiger partial charge in [-0.2, -0.15) is 0 Å². The minimum absolute atomic E-state index is 0.271. The van der Waals surface area contributed by atoms with E-state index in [-0.39, 0.29) is 5.91 Å². The number of rotatable bonds is 6. The van der Waals surface area contributed by atoms with Crippen LogP contribution in [0, 0.1) is 5.92 Å². The largest absolute Gasteiger partial charge is 0.381 e. The molecule has 0 atom stereocenters. The molecule has 4 rings (SSSR count). The fraction of sp³-hybridized carbons (Fsp3) is 0.312. The van der Waals surface area contributed by atoms with Crippen molar-refractivity contribution in [3.8, 4) is 10.6 Å². The highest BCUT2D eigenvalue weighted by atomic mass is 32.1. The van der Waals surface area contributed by atoms with Crippen molar-refractivity contribution in [1.29, 1.82) is 0 Å². The summed E-state index contributed by atoms with van der Waals surface area (Å²) in [4.78, 5) is 12.2. The van der Waals surface area contributed by atoms with Crippen molar-refractivity contribution in [1.82, 2.24) is 30.5 Å². The summed E-state index contributed by atoms with van der Waals surface area (Å²) in [5.41, 5.74) is 1.31. The standard InChI is InChI=1S/C16H16N6O2S/c23-15(13-8-22(21-18-13)7-11-9-24-10-11)17-6-14-19-20-16(25-14)12-4-2-1-3-5-12/h1-5,8,11H,6-7,9-10H2,(H,17,23). The number of nitrogens with zero attached hydrogens (tertiary/aromatic N) is 5. The van der Waals surface area contributed by atoms with Gasteiger partial charge in [-0.25, -0.2) is 0 Å². The molecular formula is C16H16N6O2S. The zero-order chi connectivity index (χ0) is 17.1. The Labute approximate surface area is 147 Å². The molecule has 8 nitrogen and oxygen atoms in total. The molecule has 0 spiro atoms. The van der Waals surface area contributed by atoms with Crippen LogP contribution in [0.4, 0.5) is 0 Å². The summed E-state index contributed by atoms with van der Waals surface area (Å²) in [6.45, 7) is 2.51. The first kappa shape index (κ1) is 15.9. The molecule has 9 heteroatoms. The van der Waals surface area contributed by atoms with Crippen molar-refractivity contribution in [3.63, 3.8) is 0 Å². The molecule has 0 saturated carbocycles. The lowest BCUT2D eigenvalue weighted by atomic mass is 10.1. The number of aromatic nitrogens is 5. The van der Waals surface area contributed by atoms with Crippen LogP contribution in [-0.2, 0) is 17.8 Å². The lowest BCUT2D eigenvalue weighted by Crippen LogP contribution is -2.31. The van der Waals surface area contributed by atoms with E-state index in [0.29, 0.717) is 18.2 Å². The van der Waals surface area contributed by atoms with E-state index in [1.807, 2.05) is 30.3 Å². The quantitative estimate of drug-likeness (QED) is 0.717. The lowest BCUT2D eigenvalue weighted by Gasteiger charge is -2.25. The van der Waals surface area contributed by atoms with Gasteiger partial charge in [-0.1, -0.05) is 46.9 Å². The highest BCUT2D eigenvalue weighted by Gasteiger charge is 2.20. The maximum absolute atomic E-state index is 12.2. The van der Waals surface area contributed by atoms with E-state index in [0.717, 1.165) is 35.3 Å². The molecule has 0 unspecified atom stereocenters. The van der Waals surface area contributed by atoms with Gasteiger partial charge < -0.3 is 10.1 Å². The Hall–Kier alpha value is -2.65. The van der Waals surface area contributed by atoms with Gasteiger partial charge >= 0.3 is 0 Å². The molecule has 1 aromatic carbocycles. The zero-order valence-electron chi connectivity index (χ0n) is 13.3. The molecule has 0 aliphatic carbocycles. The highest BCUT2D eigenvalue weighted by Crippen LogP contribution is 2.22. The van der Waals surface area contributed by atoms with Gasteiger partial charge in [-0.3, -0.25) is 9.48 Å². The van der Waals surface area contributed by atoms with Gasteiger partial charge in [0.15, 0.2) is 5.69 Å². The number of ether oxygens (including phenoxy) is 1. The molecule has 1 amide bonds. The Morgan fingerprint density at radius 3 is 2.84 bits per heavy atom. The van der Waals surface area contributed by atoms with Crippen LogP contribution in [0.1, 0.15) is 15.5 Å². The van der Waals surface area contributed by atoms with Gasteiger partial charge in [-0.15, -0.1) is 15.3 Å². The molecule has 1 fully saturated rings. The maximum atomic E-state index is 12.2. The summed E-state index contributed by atoms with van der Waals surface area (Å²) >= 11 is 1.46. The van der Waals surface area contributed by atoms with E-state index in [9.17, 15) is 4.79 Å². The van der Waals surface area contributed by atoms with Crippen molar-refractivity contribution in [2.24, 2.45) is 5.92 Å². The van der Waals surface area contributed by atoms with E-state index in [1.165, 1.54) is 11.3 Å². The van der Waals surface area contributed by atoms with E-state index < -0.39 is 0 Å².